The molecule has 7 nitrogen and oxygen atoms in total. The van der Waals surface area contributed by atoms with Crippen LogP contribution in [-0.2, 0) is 4.74 Å². The number of benzene rings is 1. The molecule has 0 saturated heterocycles. The Morgan fingerprint density at radius 1 is 1.29 bits per heavy atom. The van der Waals surface area contributed by atoms with Gasteiger partial charge < -0.3 is 29.5 Å². The summed E-state index contributed by atoms with van der Waals surface area (Å²) in [6.07, 6.45) is 0. The van der Waals surface area contributed by atoms with Gasteiger partial charge in [-0.15, -0.1) is 0 Å². The Labute approximate surface area is 142 Å². The molecule has 1 heterocycles. The number of rotatable bonds is 7. The summed E-state index contributed by atoms with van der Waals surface area (Å²) in [6.45, 7) is 8.60. The lowest BCUT2D eigenvalue weighted by molar-refractivity contribution is -0.0431. The van der Waals surface area contributed by atoms with Crippen molar-refractivity contribution in [1.82, 2.24) is 4.90 Å². The third-order valence-electron chi connectivity index (χ3n) is 3.50. The third kappa shape index (κ3) is 4.75. The summed E-state index contributed by atoms with van der Waals surface area (Å²) in [4.78, 5) is 14.2. The summed E-state index contributed by atoms with van der Waals surface area (Å²) < 4.78 is 16.6. The van der Waals surface area contributed by atoms with E-state index in [2.05, 4.69) is 5.32 Å². The molecule has 134 valence electrons. The molecule has 2 N–H and O–H groups in total. The fourth-order valence-electron chi connectivity index (χ4n) is 2.42. The molecule has 2 amide bonds. The fraction of sp³-hybridized carbons (Fsp3) is 0.588. The van der Waals surface area contributed by atoms with E-state index in [9.17, 15) is 4.79 Å². The highest BCUT2D eigenvalue weighted by atomic mass is 16.7. The highest BCUT2D eigenvalue weighted by Gasteiger charge is 2.31. The van der Waals surface area contributed by atoms with Crippen LogP contribution < -0.4 is 14.8 Å². The number of carbonyl (C=O) groups excluding carboxylic acids is 1. The normalized spacial score (nSPS) is 14.8. The number of amides is 2. The van der Waals surface area contributed by atoms with Crippen LogP contribution in [0.3, 0.4) is 0 Å². The number of fused-ring (bicyclic) bond motifs is 1. The second kappa shape index (κ2) is 7.72. The Morgan fingerprint density at radius 3 is 2.67 bits per heavy atom. The van der Waals surface area contributed by atoms with E-state index < -0.39 is 5.79 Å². The second-order valence-electron chi connectivity index (χ2n) is 6.32. The average molecular weight is 338 g/mol. The van der Waals surface area contributed by atoms with Crippen LogP contribution in [0, 0.1) is 0 Å². The molecule has 0 fully saturated rings. The van der Waals surface area contributed by atoms with Gasteiger partial charge in [-0.2, -0.15) is 0 Å². The molecule has 1 aliphatic rings. The minimum atomic E-state index is -0.695. The van der Waals surface area contributed by atoms with Gasteiger partial charge in [-0.1, -0.05) is 0 Å². The molecule has 1 aliphatic heterocycles. The second-order valence-corrected chi connectivity index (χ2v) is 6.32. The molecule has 2 rings (SSSR count). The van der Waals surface area contributed by atoms with Crippen LogP contribution in [0.5, 0.6) is 11.5 Å². The van der Waals surface area contributed by atoms with Gasteiger partial charge in [-0.25, -0.2) is 4.79 Å². The van der Waals surface area contributed by atoms with Crippen LogP contribution in [-0.4, -0.2) is 54.2 Å². The van der Waals surface area contributed by atoms with E-state index in [1.807, 2.05) is 27.7 Å². The number of nitrogens with zero attached hydrogens (tertiary/aromatic N) is 1. The molecule has 0 aromatic heterocycles. The molecule has 0 saturated carbocycles. The number of anilines is 1. The number of hydrogen-bond donors (Lipinski definition) is 2. The molecule has 0 radical (unpaired) electrons. The van der Waals surface area contributed by atoms with E-state index in [4.69, 9.17) is 19.3 Å². The predicted molar refractivity (Wildman–Crippen MR) is 90.5 cm³/mol. The maximum Gasteiger partial charge on any atom is 0.322 e. The average Bonchev–Trinajstić information content (AvgIpc) is 2.79. The van der Waals surface area contributed by atoms with Gasteiger partial charge in [0.2, 0.25) is 5.79 Å². The van der Waals surface area contributed by atoms with Gasteiger partial charge in [-0.05, 0) is 26.0 Å². The van der Waals surface area contributed by atoms with Crippen molar-refractivity contribution in [3.63, 3.8) is 0 Å². The highest BCUT2D eigenvalue weighted by molar-refractivity contribution is 5.90. The van der Waals surface area contributed by atoms with Crippen molar-refractivity contribution in [2.45, 2.75) is 39.5 Å². The number of aliphatic hydroxyl groups excluding tert-OH is 1. The summed E-state index contributed by atoms with van der Waals surface area (Å²) in [5.41, 5.74) is 0.641. The van der Waals surface area contributed by atoms with Gasteiger partial charge >= 0.3 is 6.03 Å². The first-order valence-electron chi connectivity index (χ1n) is 8.10. The topological polar surface area (TPSA) is 80.3 Å². The van der Waals surface area contributed by atoms with Crippen molar-refractivity contribution in [2.24, 2.45) is 0 Å². The molecule has 1 aromatic carbocycles. The van der Waals surface area contributed by atoms with Crippen LogP contribution in [0.25, 0.3) is 0 Å². The monoisotopic (exact) mass is 338 g/mol. The molecule has 0 aliphatic carbocycles. The largest absolute Gasteiger partial charge is 0.449 e. The lowest BCUT2D eigenvalue weighted by Crippen LogP contribution is -2.42. The standard InChI is InChI=1S/C17H26N2O5/c1-12(2)19(7-9-22-10-8-20)16(21)18-13-5-6-14-15(11-13)24-17(3,4)23-14/h5-6,11-12,20H,7-10H2,1-4H3,(H,18,21). The number of urea groups is 1. The predicted octanol–water partition coefficient (Wildman–Crippen LogP) is 2.45. The van der Waals surface area contributed by atoms with Crippen molar-refractivity contribution >= 4 is 11.7 Å². The smallest absolute Gasteiger partial charge is 0.322 e. The quantitative estimate of drug-likeness (QED) is 0.747. The van der Waals surface area contributed by atoms with Crippen LogP contribution in [0.15, 0.2) is 18.2 Å². The molecular formula is C17H26N2O5. The number of aliphatic hydroxyl groups is 1. The highest BCUT2D eigenvalue weighted by Crippen LogP contribution is 2.40. The minimum Gasteiger partial charge on any atom is -0.449 e. The maximum atomic E-state index is 12.5. The zero-order valence-electron chi connectivity index (χ0n) is 14.7. The molecule has 0 unspecified atom stereocenters. The minimum absolute atomic E-state index is 0.0238. The van der Waals surface area contributed by atoms with Crippen molar-refractivity contribution in [1.29, 1.82) is 0 Å². The first-order valence-corrected chi connectivity index (χ1v) is 8.10. The van der Waals surface area contributed by atoms with Crippen molar-refractivity contribution < 1.29 is 24.1 Å². The Morgan fingerprint density at radius 2 is 2.00 bits per heavy atom. The van der Waals surface area contributed by atoms with E-state index >= 15 is 0 Å². The zero-order valence-corrected chi connectivity index (χ0v) is 14.7. The van der Waals surface area contributed by atoms with Gasteiger partial charge in [-0.3, -0.25) is 0 Å². The molecule has 7 heteroatoms. The van der Waals surface area contributed by atoms with Gasteiger partial charge in [0, 0.05) is 38.2 Å². The van der Waals surface area contributed by atoms with Crippen LogP contribution >= 0.6 is 0 Å². The van der Waals surface area contributed by atoms with Crippen LogP contribution in [0.2, 0.25) is 0 Å². The van der Waals surface area contributed by atoms with Gasteiger partial charge in [0.25, 0.3) is 0 Å². The number of carbonyl (C=O) groups is 1. The Kier molecular flexibility index (Phi) is 5.90. The van der Waals surface area contributed by atoms with E-state index in [0.29, 0.717) is 30.3 Å². The molecule has 0 spiro atoms. The summed E-state index contributed by atoms with van der Waals surface area (Å²) in [6, 6.07) is 5.13. The molecule has 1 aromatic rings. The molecule has 24 heavy (non-hydrogen) atoms. The van der Waals surface area contributed by atoms with Crippen molar-refractivity contribution in [3.05, 3.63) is 18.2 Å². The lowest BCUT2D eigenvalue weighted by Gasteiger charge is -2.27. The van der Waals surface area contributed by atoms with Crippen LogP contribution in [0.1, 0.15) is 27.7 Å². The summed E-state index contributed by atoms with van der Waals surface area (Å²) in [5.74, 6) is 0.579. The van der Waals surface area contributed by atoms with E-state index in [-0.39, 0.29) is 25.3 Å². The summed E-state index contributed by atoms with van der Waals surface area (Å²) in [5, 5.41) is 11.6. The Hall–Kier alpha value is -1.99. The first-order chi connectivity index (χ1) is 11.3. The van der Waals surface area contributed by atoms with Gasteiger partial charge in [0.05, 0.1) is 19.8 Å². The Balaban J connectivity index is 1.97. The lowest BCUT2D eigenvalue weighted by atomic mass is 10.2. The van der Waals surface area contributed by atoms with Gasteiger partial charge in [0.1, 0.15) is 0 Å². The molecule has 0 bridgehead atoms. The van der Waals surface area contributed by atoms with E-state index in [0.717, 1.165) is 0 Å². The van der Waals surface area contributed by atoms with E-state index in [1.54, 1.807) is 23.1 Å². The molecule has 0 atom stereocenters. The summed E-state index contributed by atoms with van der Waals surface area (Å²) >= 11 is 0. The first kappa shape index (κ1) is 18.4. The number of ether oxygens (including phenoxy) is 3. The maximum absolute atomic E-state index is 12.5. The number of nitrogens with one attached hydrogen (secondary N) is 1. The summed E-state index contributed by atoms with van der Waals surface area (Å²) in [7, 11) is 0. The number of hydrogen-bond acceptors (Lipinski definition) is 5. The Bertz CT molecular complexity index is 574. The van der Waals surface area contributed by atoms with Gasteiger partial charge in [0.15, 0.2) is 11.5 Å². The fourth-order valence-corrected chi connectivity index (χ4v) is 2.42. The molecular weight excluding hydrogens is 312 g/mol. The zero-order chi connectivity index (χ0) is 17.7. The van der Waals surface area contributed by atoms with E-state index in [1.165, 1.54) is 0 Å². The van der Waals surface area contributed by atoms with Crippen molar-refractivity contribution in [2.75, 3.05) is 31.7 Å². The van der Waals surface area contributed by atoms with Crippen molar-refractivity contribution in [3.8, 4) is 11.5 Å². The SMILES string of the molecule is CC(C)N(CCOCCO)C(=O)Nc1ccc2c(c1)OC(C)(C)O2. The third-order valence-corrected chi connectivity index (χ3v) is 3.50. The van der Waals surface area contributed by atoms with Crippen LogP contribution in [0.4, 0.5) is 10.5 Å².